The molecule has 3 rings (SSSR count). The number of hydrazone groups is 1. The normalized spacial score (nSPS) is 25.0. The fraction of sp³-hybridized carbons (Fsp3) is 0.471. The summed E-state index contributed by atoms with van der Waals surface area (Å²) in [7, 11) is 0. The van der Waals surface area contributed by atoms with Crippen LogP contribution in [-0.2, 0) is 4.74 Å². The van der Waals surface area contributed by atoms with Crippen molar-refractivity contribution in [1.29, 1.82) is 0 Å². The van der Waals surface area contributed by atoms with Crippen LogP contribution in [0.2, 0.25) is 10.0 Å². The van der Waals surface area contributed by atoms with E-state index in [9.17, 15) is 10.1 Å². The first-order chi connectivity index (χ1) is 12.4. The van der Waals surface area contributed by atoms with Crippen molar-refractivity contribution < 1.29 is 9.77 Å². The molecule has 0 amide bonds. The van der Waals surface area contributed by atoms with Gasteiger partial charge in [0, 0.05) is 48.4 Å². The molecule has 26 heavy (non-hydrogen) atoms. The zero-order valence-corrected chi connectivity index (χ0v) is 15.9. The Balaban J connectivity index is 1.76. The lowest BCUT2D eigenvalue weighted by Gasteiger charge is -2.23. The summed E-state index contributed by atoms with van der Waals surface area (Å²) in [6.07, 6.45) is 3.57. The van der Waals surface area contributed by atoms with Gasteiger partial charge in [0.1, 0.15) is 5.10 Å². The molecule has 2 saturated heterocycles. The molecule has 2 fully saturated rings. The van der Waals surface area contributed by atoms with Crippen molar-refractivity contribution in [2.75, 3.05) is 32.8 Å². The van der Waals surface area contributed by atoms with Crippen LogP contribution >= 0.6 is 23.2 Å². The number of guanidine groups is 1. The Hall–Kier alpha value is -1.83. The Morgan fingerprint density at radius 3 is 2.85 bits per heavy atom. The number of halogens is 2. The summed E-state index contributed by atoms with van der Waals surface area (Å²) in [5.41, 5.74) is 0.785. The van der Waals surface area contributed by atoms with Crippen LogP contribution in [-0.4, -0.2) is 53.6 Å². The van der Waals surface area contributed by atoms with Crippen molar-refractivity contribution in [3.05, 3.63) is 50.1 Å². The van der Waals surface area contributed by atoms with Gasteiger partial charge in [0.05, 0.1) is 6.61 Å². The molecular formula is C17H20Cl2N4O3. The fourth-order valence-corrected chi connectivity index (χ4v) is 3.62. The lowest BCUT2D eigenvalue weighted by Crippen LogP contribution is -2.37. The van der Waals surface area contributed by atoms with Crippen LogP contribution in [0.5, 0.6) is 0 Å². The monoisotopic (exact) mass is 398 g/mol. The summed E-state index contributed by atoms with van der Waals surface area (Å²) < 4.78 is 5.50. The molecule has 7 nitrogen and oxygen atoms in total. The topological polar surface area (TPSA) is 71.2 Å². The summed E-state index contributed by atoms with van der Waals surface area (Å²) in [6, 6.07) is 5.21. The second kappa shape index (κ2) is 8.24. The molecule has 2 atom stereocenters. The van der Waals surface area contributed by atoms with E-state index in [2.05, 4.69) is 12.0 Å². The molecular weight excluding hydrogens is 379 g/mol. The number of ether oxygens (including phenoxy) is 1. The smallest absolute Gasteiger partial charge is 0.278 e. The zero-order valence-electron chi connectivity index (χ0n) is 14.3. The van der Waals surface area contributed by atoms with Crippen LogP contribution in [0.4, 0.5) is 0 Å². The van der Waals surface area contributed by atoms with Crippen molar-refractivity contribution >= 4 is 35.2 Å². The predicted molar refractivity (Wildman–Crippen MR) is 102 cm³/mol. The van der Waals surface area contributed by atoms with Crippen molar-refractivity contribution in [3.8, 4) is 0 Å². The van der Waals surface area contributed by atoms with Gasteiger partial charge < -0.3 is 14.5 Å². The van der Waals surface area contributed by atoms with E-state index in [1.54, 1.807) is 35.4 Å². The minimum atomic E-state index is -0.654. The van der Waals surface area contributed by atoms with Crippen LogP contribution in [0.3, 0.4) is 0 Å². The zero-order chi connectivity index (χ0) is 18.7. The highest BCUT2D eigenvalue weighted by Gasteiger charge is 2.33. The van der Waals surface area contributed by atoms with Crippen LogP contribution in [0, 0.1) is 22.0 Å². The summed E-state index contributed by atoms with van der Waals surface area (Å²) >= 11 is 12.1. The molecule has 0 bridgehead atoms. The van der Waals surface area contributed by atoms with Crippen molar-refractivity contribution in [1.82, 2.24) is 9.80 Å². The number of benzene rings is 1. The molecule has 0 N–H and O–H groups in total. The van der Waals surface area contributed by atoms with Gasteiger partial charge in [-0.2, -0.15) is 0 Å². The predicted octanol–water partition coefficient (Wildman–Crippen LogP) is 3.41. The SMILES string of the molecule is CC1COCC1CN1CCN(C=Cc2ccc(Cl)cc2Cl)C1=N[N+](=O)[O-]. The maximum atomic E-state index is 11.0. The molecule has 0 aromatic heterocycles. The molecule has 0 spiro atoms. The highest BCUT2D eigenvalue weighted by molar-refractivity contribution is 6.35. The van der Waals surface area contributed by atoms with E-state index in [4.69, 9.17) is 27.9 Å². The first-order valence-corrected chi connectivity index (χ1v) is 9.15. The van der Waals surface area contributed by atoms with Gasteiger partial charge in [-0.3, -0.25) is 0 Å². The molecule has 1 aromatic carbocycles. The van der Waals surface area contributed by atoms with Crippen LogP contribution in [0.25, 0.3) is 6.08 Å². The van der Waals surface area contributed by atoms with Crippen molar-refractivity contribution in [2.45, 2.75) is 6.92 Å². The van der Waals surface area contributed by atoms with Crippen molar-refractivity contribution in [3.63, 3.8) is 0 Å². The van der Waals surface area contributed by atoms with Gasteiger partial charge in [0.2, 0.25) is 0 Å². The maximum Gasteiger partial charge on any atom is 0.278 e. The van der Waals surface area contributed by atoms with E-state index < -0.39 is 5.03 Å². The summed E-state index contributed by atoms with van der Waals surface area (Å²) in [5, 5.41) is 15.0. The molecule has 2 aliphatic heterocycles. The number of nitro groups is 1. The Kier molecular flexibility index (Phi) is 6.01. The molecule has 2 unspecified atom stereocenters. The Bertz CT molecular complexity index is 741. The molecule has 9 heteroatoms. The van der Waals surface area contributed by atoms with Crippen LogP contribution in [0.1, 0.15) is 12.5 Å². The quantitative estimate of drug-likeness (QED) is 0.561. The van der Waals surface area contributed by atoms with Gasteiger partial charge >= 0.3 is 0 Å². The van der Waals surface area contributed by atoms with Gasteiger partial charge in [0.25, 0.3) is 5.96 Å². The molecule has 0 saturated carbocycles. The molecule has 1 aromatic rings. The van der Waals surface area contributed by atoms with E-state index >= 15 is 0 Å². The second-order valence-electron chi connectivity index (χ2n) is 6.53. The standard InChI is InChI=1S/C17H20Cl2N4O3/c1-12-10-26-11-14(12)9-22-7-6-21(17(22)20-23(24)25)5-4-13-2-3-15(18)8-16(13)19/h2-5,8,12,14H,6-7,9-11H2,1H3. The average molecular weight is 399 g/mol. The third kappa shape index (κ3) is 4.47. The van der Waals surface area contributed by atoms with Gasteiger partial charge in [0.15, 0.2) is 5.03 Å². The van der Waals surface area contributed by atoms with E-state index in [0.717, 1.165) is 12.2 Å². The molecule has 0 aliphatic carbocycles. The number of nitrogens with zero attached hydrogens (tertiary/aromatic N) is 4. The first kappa shape index (κ1) is 18.9. The lowest BCUT2D eigenvalue weighted by atomic mass is 9.98. The fourth-order valence-electron chi connectivity index (χ4n) is 3.15. The third-order valence-corrected chi connectivity index (χ3v) is 5.25. The number of hydrogen-bond donors (Lipinski definition) is 0. The van der Waals surface area contributed by atoms with Crippen LogP contribution < -0.4 is 0 Å². The summed E-state index contributed by atoms with van der Waals surface area (Å²) in [6.45, 7) is 5.54. The van der Waals surface area contributed by atoms with Crippen LogP contribution in [0.15, 0.2) is 29.5 Å². The van der Waals surface area contributed by atoms with Gasteiger partial charge in [-0.1, -0.05) is 36.2 Å². The second-order valence-corrected chi connectivity index (χ2v) is 7.38. The minimum absolute atomic E-state index is 0.343. The maximum absolute atomic E-state index is 11.0. The van der Waals surface area contributed by atoms with E-state index in [-0.39, 0.29) is 0 Å². The summed E-state index contributed by atoms with van der Waals surface area (Å²) in [4.78, 5) is 14.7. The van der Waals surface area contributed by atoms with Gasteiger partial charge in [-0.05, 0) is 29.7 Å². The highest BCUT2D eigenvalue weighted by atomic mass is 35.5. The van der Waals surface area contributed by atoms with Gasteiger partial charge in [-0.15, -0.1) is 0 Å². The van der Waals surface area contributed by atoms with E-state index in [1.165, 1.54) is 0 Å². The molecule has 0 radical (unpaired) electrons. The summed E-state index contributed by atoms with van der Waals surface area (Å²) in [5.74, 6) is 1.13. The Morgan fingerprint density at radius 1 is 1.38 bits per heavy atom. The van der Waals surface area contributed by atoms with E-state index in [1.807, 2.05) is 4.90 Å². The minimum Gasteiger partial charge on any atom is -0.381 e. The molecule has 2 aliphatic rings. The van der Waals surface area contributed by atoms with Crippen molar-refractivity contribution in [2.24, 2.45) is 16.9 Å². The number of rotatable bonds is 5. The lowest BCUT2D eigenvalue weighted by molar-refractivity contribution is -0.486. The van der Waals surface area contributed by atoms with Gasteiger partial charge in [-0.25, -0.2) is 10.1 Å². The molecule has 140 valence electrons. The molecule has 2 heterocycles. The largest absolute Gasteiger partial charge is 0.381 e. The Morgan fingerprint density at radius 2 is 2.19 bits per heavy atom. The Labute approximate surface area is 162 Å². The first-order valence-electron chi connectivity index (χ1n) is 8.39. The average Bonchev–Trinajstić information content (AvgIpc) is 3.14. The highest BCUT2D eigenvalue weighted by Crippen LogP contribution is 2.25. The third-order valence-electron chi connectivity index (χ3n) is 4.69. The van der Waals surface area contributed by atoms with E-state index in [0.29, 0.717) is 54.1 Å². The number of hydrogen-bond acceptors (Lipinski definition) is 3.